The molecule has 0 saturated carbocycles. The minimum atomic E-state index is -3.26. The van der Waals surface area contributed by atoms with Crippen molar-refractivity contribution in [3.63, 3.8) is 0 Å². The Bertz CT molecular complexity index is 661. The van der Waals surface area contributed by atoms with Gasteiger partial charge >= 0.3 is 0 Å². The molecule has 1 aromatic carbocycles. The molecule has 23 heavy (non-hydrogen) atoms. The first kappa shape index (κ1) is 19.1. The maximum Gasteiger partial charge on any atom is 0.251 e. The minimum absolute atomic E-state index is 0.110. The third kappa shape index (κ3) is 7.25. The second-order valence-corrected chi connectivity index (χ2v) is 8.04. The average molecular weight is 341 g/mol. The second kappa shape index (κ2) is 7.56. The molecule has 1 aromatic rings. The predicted molar refractivity (Wildman–Crippen MR) is 89.7 cm³/mol. The van der Waals surface area contributed by atoms with Crippen LogP contribution in [0.1, 0.15) is 31.1 Å². The largest absolute Gasteiger partial charge is 0.351 e. The molecule has 0 fully saturated rings. The molecule has 0 unspecified atom stereocenters. The first-order chi connectivity index (χ1) is 10.5. The summed E-state index contributed by atoms with van der Waals surface area (Å²) in [5.41, 5.74) is 0.543. The van der Waals surface area contributed by atoms with Crippen LogP contribution in [-0.4, -0.2) is 39.6 Å². The predicted octanol–water partition coefficient (Wildman–Crippen LogP) is 0.950. The third-order valence-electron chi connectivity index (χ3n) is 2.86. The van der Waals surface area contributed by atoms with Gasteiger partial charge in [-0.15, -0.1) is 0 Å². The Kier molecular flexibility index (Phi) is 6.28. The minimum Gasteiger partial charge on any atom is -0.351 e. The molecule has 0 radical (unpaired) electrons. The van der Waals surface area contributed by atoms with Crippen LogP contribution in [0.5, 0.6) is 0 Å². The number of anilines is 1. The molecular formula is C15H23N3O4S. The number of carbonyl (C=O) groups excluding carboxylic acids is 2. The van der Waals surface area contributed by atoms with Crippen LogP contribution in [0.25, 0.3) is 0 Å². The van der Waals surface area contributed by atoms with Gasteiger partial charge in [-0.1, -0.05) is 20.8 Å². The lowest BCUT2D eigenvalue weighted by Crippen LogP contribution is -2.34. The van der Waals surface area contributed by atoms with Gasteiger partial charge in [0.2, 0.25) is 15.9 Å². The fourth-order valence-corrected chi connectivity index (χ4v) is 2.01. The lowest BCUT2D eigenvalue weighted by atomic mass is 9.95. The molecule has 0 atom stereocenters. The van der Waals surface area contributed by atoms with Gasteiger partial charge in [0.25, 0.3) is 5.91 Å². The lowest BCUT2D eigenvalue weighted by Gasteiger charge is -2.17. The van der Waals surface area contributed by atoms with Crippen molar-refractivity contribution in [2.45, 2.75) is 20.8 Å². The van der Waals surface area contributed by atoms with Gasteiger partial charge in [0.1, 0.15) is 0 Å². The topological polar surface area (TPSA) is 104 Å². The van der Waals surface area contributed by atoms with E-state index >= 15 is 0 Å². The molecule has 3 N–H and O–H groups in total. The Morgan fingerprint density at radius 2 is 1.61 bits per heavy atom. The molecule has 2 amide bonds. The van der Waals surface area contributed by atoms with Crippen LogP contribution in [0, 0.1) is 5.41 Å². The number of amides is 2. The fraction of sp³-hybridized carbons (Fsp3) is 0.467. The highest BCUT2D eigenvalue weighted by Crippen LogP contribution is 2.17. The van der Waals surface area contributed by atoms with Gasteiger partial charge in [-0.05, 0) is 24.3 Å². The molecule has 0 aromatic heterocycles. The van der Waals surface area contributed by atoms with Crippen molar-refractivity contribution in [2.24, 2.45) is 5.41 Å². The van der Waals surface area contributed by atoms with Crippen molar-refractivity contribution < 1.29 is 18.0 Å². The average Bonchev–Trinajstić information content (AvgIpc) is 2.42. The molecule has 0 aliphatic heterocycles. The summed E-state index contributed by atoms with van der Waals surface area (Å²) in [5.74, 6) is -0.421. The van der Waals surface area contributed by atoms with Gasteiger partial charge < -0.3 is 10.6 Å². The lowest BCUT2D eigenvalue weighted by molar-refractivity contribution is -0.123. The van der Waals surface area contributed by atoms with Gasteiger partial charge in [-0.2, -0.15) is 0 Å². The first-order valence-corrected chi connectivity index (χ1v) is 9.02. The van der Waals surface area contributed by atoms with Gasteiger partial charge in [0.05, 0.1) is 6.26 Å². The molecular weight excluding hydrogens is 318 g/mol. The number of carbonyl (C=O) groups is 2. The molecule has 1 rings (SSSR count). The Hall–Kier alpha value is -1.93. The summed E-state index contributed by atoms with van der Waals surface area (Å²) in [5, 5.41) is 5.37. The molecule has 0 spiro atoms. The summed E-state index contributed by atoms with van der Waals surface area (Å²) in [7, 11) is -3.26. The van der Waals surface area contributed by atoms with E-state index in [1.165, 1.54) is 0 Å². The molecule has 0 bridgehead atoms. The van der Waals surface area contributed by atoms with Crippen molar-refractivity contribution in [3.8, 4) is 0 Å². The van der Waals surface area contributed by atoms with E-state index in [1.807, 2.05) is 20.8 Å². The zero-order chi connectivity index (χ0) is 17.7. The van der Waals surface area contributed by atoms with E-state index in [-0.39, 0.29) is 24.9 Å². The standard InChI is InChI=1S/C15H23N3O4S/c1-15(2,3)14(20)18-12-7-5-11(6-8-12)13(19)16-9-10-17-23(4,21)22/h5-8,17H,9-10H2,1-4H3,(H,16,19)(H,18,20). The van der Waals surface area contributed by atoms with Crippen LogP contribution in [0.3, 0.4) is 0 Å². The van der Waals surface area contributed by atoms with Crippen LogP contribution in [0.2, 0.25) is 0 Å². The van der Waals surface area contributed by atoms with E-state index in [9.17, 15) is 18.0 Å². The smallest absolute Gasteiger partial charge is 0.251 e. The van der Waals surface area contributed by atoms with Crippen LogP contribution < -0.4 is 15.4 Å². The van der Waals surface area contributed by atoms with E-state index in [2.05, 4.69) is 15.4 Å². The Labute approximate surface area is 136 Å². The maximum atomic E-state index is 11.9. The number of benzene rings is 1. The van der Waals surface area contributed by atoms with Crippen LogP contribution in [0.4, 0.5) is 5.69 Å². The van der Waals surface area contributed by atoms with Crippen molar-refractivity contribution in [3.05, 3.63) is 29.8 Å². The van der Waals surface area contributed by atoms with Crippen molar-refractivity contribution in [1.82, 2.24) is 10.0 Å². The Morgan fingerprint density at radius 1 is 1.04 bits per heavy atom. The highest BCUT2D eigenvalue weighted by Gasteiger charge is 2.21. The van der Waals surface area contributed by atoms with E-state index in [1.54, 1.807) is 24.3 Å². The third-order valence-corrected chi connectivity index (χ3v) is 3.59. The molecule has 0 aliphatic carbocycles. The van der Waals surface area contributed by atoms with Gasteiger partial charge in [-0.3, -0.25) is 9.59 Å². The molecule has 0 aliphatic rings. The molecule has 7 nitrogen and oxygen atoms in total. The normalized spacial score (nSPS) is 11.8. The van der Waals surface area contributed by atoms with Crippen LogP contribution in [0.15, 0.2) is 24.3 Å². The zero-order valence-electron chi connectivity index (χ0n) is 13.8. The van der Waals surface area contributed by atoms with Crippen molar-refractivity contribution in [1.29, 1.82) is 0 Å². The fourth-order valence-electron chi connectivity index (χ4n) is 1.54. The Morgan fingerprint density at radius 3 is 2.09 bits per heavy atom. The summed E-state index contributed by atoms with van der Waals surface area (Å²) >= 11 is 0. The number of hydrogen-bond donors (Lipinski definition) is 3. The SMILES string of the molecule is CC(C)(C)C(=O)Nc1ccc(C(=O)NCCNS(C)(=O)=O)cc1. The number of rotatable bonds is 6. The van der Waals surface area contributed by atoms with Crippen LogP contribution in [-0.2, 0) is 14.8 Å². The molecule has 0 saturated heterocycles. The monoisotopic (exact) mass is 341 g/mol. The number of nitrogens with one attached hydrogen (secondary N) is 3. The number of hydrogen-bond acceptors (Lipinski definition) is 4. The molecule has 0 heterocycles. The van der Waals surface area contributed by atoms with E-state index in [0.717, 1.165) is 6.26 Å². The van der Waals surface area contributed by atoms with Crippen molar-refractivity contribution >= 4 is 27.5 Å². The quantitative estimate of drug-likeness (QED) is 0.670. The van der Waals surface area contributed by atoms with Crippen molar-refractivity contribution in [2.75, 3.05) is 24.7 Å². The summed E-state index contributed by atoms with van der Waals surface area (Å²) in [4.78, 5) is 23.7. The summed E-state index contributed by atoms with van der Waals surface area (Å²) in [6.07, 6.45) is 1.05. The maximum absolute atomic E-state index is 11.9. The summed E-state index contributed by atoms with van der Waals surface area (Å²) in [6.45, 7) is 5.76. The van der Waals surface area contributed by atoms with Gasteiger partial charge in [0.15, 0.2) is 0 Å². The van der Waals surface area contributed by atoms with E-state index < -0.39 is 15.4 Å². The van der Waals surface area contributed by atoms with Crippen LogP contribution >= 0.6 is 0 Å². The second-order valence-electron chi connectivity index (χ2n) is 6.20. The van der Waals surface area contributed by atoms with E-state index in [0.29, 0.717) is 11.3 Å². The zero-order valence-corrected chi connectivity index (χ0v) is 14.6. The highest BCUT2D eigenvalue weighted by molar-refractivity contribution is 7.88. The summed E-state index contributed by atoms with van der Waals surface area (Å²) in [6, 6.07) is 6.48. The summed E-state index contributed by atoms with van der Waals surface area (Å²) < 4.78 is 24.1. The molecule has 128 valence electrons. The Balaban J connectivity index is 2.53. The van der Waals surface area contributed by atoms with Gasteiger partial charge in [0, 0.05) is 29.8 Å². The van der Waals surface area contributed by atoms with Gasteiger partial charge in [-0.25, -0.2) is 13.1 Å². The highest BCUT2D eigenvalue weighted by atomic mass is 32.2. The number of sulfonamides is 1. The van der Waals surface area contributed by atoms with E-state index in [4.69, 9.17) is 0 Å². The first-order valence-electron chi connectivity index (χ1n) is 7.13. The molecule has 8 heteroatoms.